The van der Waals surface area contributed by atoms with Crippen molar-refractivity contribution < 1.29 is 14.4 Å². The summed E-state index contributed by atoms with van der Waals surface area (Å²) < 4.78 is 0. The molecule has 0 saturated carbocycles. The summed E-state index contributed by atoms with van der Waals surface area (Å²) in [5, 5.41) is 4.82. The van der Waals surface area contributed by atoms with Gasteiger partial charge in [-0.3, -0.25) is 14.4 Å². The molecular formula is C9H16N2O3. The predicted molar refractivity (Wildman–Crippen MR) is 51.3 cm³/mol. The van der Waals surface area contributed by atoms with Gasteiger partial charge in [0.2, 0.25) is 11.8 Å². The van der Waals surface area contributed by atoms with Crippen LogP contribution in [0.15, 0.2) is 0 Å². The molecule has 5 nitrogen and oxygen atoms in total. The Labute approximate surface area is 83.2 Å². The summed E-state index contributed by atoms with van der Waals surface area (Å²) in [6.07, 6.45) is -0.327. The van der Waals surface area contributed by atoms with Gasteiger partial charge in [-0.1, -0.05) is 13.8 Å². The molecule has 0 spiro atoms. The van der Waals surface area contributed by atoms with Crippen molar-refractivity contribution in [3.8, 4) is 0 Å². The fraction of sp³-hybridized carbons (Fsp3) is 0.667. The van der Waals surface area contributed by atoms with Gasteiger partial charge in [0.15, 0.2) is 11.9 Å². The first-order valence-corrected chi connectivity index (χ1v) is 4.60. The summed E-state index contributed by atoms with van der Waals surface area (Å²) >= 11 is 0. The SMILES string of the molecule is CCC(=O)NC(NC(=O)CC)C(C)=O. The second-order valence-electron chi connectivity index (χ2n) is 2.89. The van der Waals surface area contributed by atoms with E-state index < -0.39 is 6.17 Å². The minimum absolute atomic E-state index is 0.262. The number of nitrogens with one attached hydrogen (secondary N) is 2. The van der Waals surface area contributed by atoms with E-state index in [-0.39, 0.29) is 30.4 Å². The monoisotopic (exact) mass is 200 g/mol. The maximum Gasteiger partial charge on any atom is 0.221 e. The third-order valence-corrected chi connectivity index (χ3v) is 1.66. The molecule has 2 amide bonds. The lowest BCUT2D eigenvalue weighted by molar-refractivity contribution is -0.130. The molecule has 0 heterocycles. The minimum Gasteiger partial charge on any atom is -0.330 e. The Morgan fingerprint density at radius 3 is 1.57 bits per heavy atom. The second-order valence-corrected chi connectivity index (χ2v) is 2.89. The van der Waals surface area contributed by atoms with Crippen molar-refractivity contribution >= 4 is 17.6 Å². The molecule has 14 heavy (non-hydrogen) atoms. The van der Waals surface area contributed by atoms with Crippen molar-refractivity contribution in [1.82, 2.24) is 10.6 Å². The molecule has 0 fully saturated rings. The van der Waals surface area contributed by atoms with E-state index in [1.54, 1.807) is 13.8 Å². The average molecular weight is 200 g/mol. The zero-order chi connectivity index (χ0) is 11.1. The lowest BCUT2D eigenvalue weighted by atomic mass is 10.3. The normalized spacial score (nSPS) is 9.71. The zero-order valence-corrected chi connectivity index (χ0v) is 8.72. The van der Waals surface area contributed by atoms with Crippen molar-refractivity contribution in [1.29, 1.82) is 0 Å². The van der Waals surface area contributed by atoms with Crippen LogP contribution in [0.3, 0.4) is 0 Å². The Morgan fingerprint density at radius 2 is 1.36 bits per heavy atom. The van der Waals surface area contributed by atoms with E-state index in [1.165, 1.54) is 6.92 Å². The summed E-state index contributed by atoms with van der Waals surface area (Å²) in [6, 6.07) is 0. The van der Waals surface area contributed by atoms with E-state index in [1.807, 2.05) is 0 Å². The molecule has 2 N–H and O–H groups in total. The summed E-state index contributed by atoms with van der Waals surface area (Å²) in [5.74, 6) is -0.809. The maximum absolute atomic E-state index is 11.0. The van der Waals surface area contributed by atoms with Crippen LogP contribution in [0.5, 0.6) is 0 Å². The summed E-state index contributed by atoms with van der Waals surface area (Å²) in [4.78, 5) is 33.0. The van der Waals surface area contributed by atoms with Gasteiger partial charge in [-0.2, -0.15) is 0 Å². The van der Waals surface area contributed by atoms with Crippen LogP contribution in [0.25, 0.3) is 0 Å². The summed E-state index contributed by atoms with van der Waals surface area (Å²) in [7, 11) is 0. The van der Waals surface area contributed by atoms with Crippen LogP contribution in [0, 0.1) is 0 Å². The standard InChI is InChI=1S/C9H16N2O3/c1-4-7(13)10-9(6(3)12)11-8(14)5-2/h9H,4-5H2,1-3H3,(H,10,13)(H,11,14). The molecule has 0 aliphatic carbocycles. The molecule has 0 saturated heterocycles. The topological polar surface area (TPSA) is 75.3 Å². The Kier molecular flexibility index (Phi) is 5.52. The Bertz CT molecular complexity index is 220. The fourth-order valence-corrected chi connectivity index (χ4v) is 0.765. The van der Waals surface area contributed by atoms with Gasteiger partial charge < -0.3 is 10.6 Å². The van der Waals surface area contributed by atoms with Crippen LogP contribution >= 0.6 is 0 Å². The molecule has 5 heteroatoms. The highest BCUT2D eigenvalue weighted by molar-refractivity contribution is 5.90. The highest BCUT2D eigenvalue weighted by atomic mass is 16.2. The number of Topliss-reactive ketones (excluding diaryl/α,β-unsaturated/α-hetero) is 1. The van der Waals surface area contributed by atoms with Gasteiger partial charge in [0.05, 0.1) is 0 Å². The largest absolute Gasteiger partial charge is 0.330 e. The lowest BCUT2D eigenvalue weighted by Gasteiger charge is -2.16. The van der Waals surface area contributed by atoms with E-state index in [0.29, 0.717) is 0 Å². The summed E-state index contributed by atoms with van der Waals surface area (Å²) in [5.41, 5.74) is 0. The molecule has 0 bridgehead atoms. The molecule has 0 unspecified atom stereocenters. The van der Waals surface area contributed by atoms with Crippen molar-refractivity contribution in [3.05, 3.63) is 0 Å². The van der Waals surface area contributed by atoms with Crippen LogP contribution in [0.4, 0.5) is 0 Å². The third-order valence-electron chi connectivity index (χ3n) is 1.66. The zero-order valence-electron chi connectivity index (χ0n) is 8.72. The number of amides is 2. The van der Waals surface area contributed by atoms with Gasteiger partial charge in [-0.25, -0.2) is 0 Å². The molecule has 0 aromatic heterocycles. The highest BCUT2D eigenvalue weighted by Gasteiger charge is 2.17. The second kappa shape index (κ2) is 6.12. The first-order valence-electron chi connectivity index (χ1n) is 4.60. The average Bonchev–Trinajstić information content (AvgIpc) is 2.16. The van der Waals surface area contributed by atoms with Gasteiger partial charge in [0, 0.05) is 12.8 Å². The predicted octanol–water partition coefficient (Wildman–Crippen LogP) is -0.0461. The molecule has 80 valence electrons. The lowest BCUT2D eigenvalue weighted by Crippen LogP contribution is -2.51. The molecule has 0 rings (SSSR count). The molecule has 0 atom stereocenters. The smallest absolute Gasteiger partial charge is 0.221 e. The molecule has 0 aliphatic rings. The van der Waals surface area contributed by atoms with Crippen LogP contribution in [-0.2, 0) is 14.4 Å². The number of ketones is 1. The van der Waals surface area contributed by atoms with Crippen molar-refractivity contribution in [2.24, 2.45) is 0 Å². The number of hydrogen-bond donors (Lipinski definition) is 2. The molecular weight excluding hydrogens is 184 g/mol. The van der Waals surface area contributed by atoms with E-state index in [2.05, 4.69) is 10.6 Å². The number of hydrogen-bond acceptors (Lipinski definition) is 3. The van der Waals surface area contributed by atoms with Gasteiger partial charge in [-0.05, 0) is 6.92 Å². The van der Waals surface area contributed by atoms with E-state index in [4.69, 9.17) is 0 Å². The number of carbonyl (C=O) groups excluding carboxylic acids is 3. The Balaban J connectivity index is 4.23. The van der Waals surface area contributed by atoms with Crippen molar-refractivity contribution in [3.63, 3.8) is 0 Å². The van der Waals surface area contributed by atoms with Crippen LogP contribution < -0.4 is 10.6 Å². The molecule has 0 radical (unpaired) electrons. The Morgan fingerprint density at radius 1 is 1.00 bits per heavy atom. The number of rotatable bonds is 5. The molecule has 0 aromatic rings. The highest BCUT2D eigenvalue weighted by Crippen LogP contribution is 1.86. The molecule has 0 aliphatic heterocycles. The van der Waals surface area contributed by atoms with E-state index in [0.717, 1.165) is 0 Å². The van der Waals surface area contributed by atoms with Crippen LogP contribution in [-0.4, -0.2) is 23.8 Å². The van der Waals surface area contributed by atoms with Gasteiger partial charge >= 0.3 is 0 Å². The minimum atomic E-state index is -0.894. The van der Waals surface area contributed by atoms with Crippen molar-refractivity contribution in [2.75, 3.05) is 0 Å². The first kappa shape index (κ1) is 12.6. The quantitative estimate of drug-likeness (QED) is 0.611. The van der Waals surface area contributed by atoms with E-state index in [9.17, 15) is 14.4 Å². The van der Waals surface area contributed by atoms with Gasteiger partial charge in [0.1, 0.15) is 0 Å². The maximum atomic E-state index is 11.0. The van der Waals surface area contributed by atoms with Crippen LogP contribution in [0.1, 0.15) is 33.6 Å². The Hall–Kier alpha value is -1.39. The molecule has 0 aromatic carbocycles. The van der Waals surface area contributed by atoms with Crippen molar-refractivity contribution in [2.45, 2.75) is 39.8 Å². The third kappa shape index (κ3) is 4.59. The van der Waals surface area contributed by atoms with Crippen LogP contribution in [0.2, 0.25) is 0 Å². The number of carbonyl (C=O) groups is 3. The van der Waals surface area contributed by atoms with E-state index >= 15 is 0 Å². The fourth-order valence-electron chi connectivity index (χ4n) is 0.765. The van der Waals surface area contributed by atoms with Gasteiger partial charge in [-0.15, -0.1) is 0 Å². The van der Waals surface area contributed by atoms with Gasteiger partial charge in [0.25, 0.3) is 0 Å². The first-order chi connectivity index (χ1) is 6.51. The summed E-state index contributed by atoms with van der Waals surface area (Å²) in [6.45, 7) is 4.67.